The summed E-state index contributed by atoms with van der Waals surface area (Å²) < 4.78 is 0. The molecule has 0 unspecified atom stereocenters. The number of hydrogen-bond acceptors (Lipinski definition) is 3. The zero-order valence-electron chi connectivity index (χ0n) is 17.3. The molecule has 1 spiro atoms. The molecular weight excluding hydrogens is 354 g/mol. The number of urea groups is 1. The summed E-state index contributed by atoms with van der Waals surface area (Å²) in [4.78, 5) is 38.7. The van der Waals surface area contributed by atoms with Gasteiger partial charge in [-0.05, 0) is 54.7 Å². The molecule has 152 valence electrons. The third-order valence-electron chi connectivity index (χ3n) is 6.12. The van der Waals surface area contributed by atoms with E-state index in [0.717, 1.165) is 24.2 Å². The van der Waals surface area contributed by atoms with Gasteiger partial charge in [0.2, 0.25) is 5.91 Å². The predicted octanol–water partition coefficient (Wildman–Crippen LogP) is 3.81. The molecule has 1 aromatic rings. The maximum absolute atomic E-state index is 12.9. The van der Waals surface area contributed by atoms with Crippen LogP contribution in [0, 0.1) is 5.92 Å². The molecule has 0 radical (unpaired) electrons. The summed E-state index contributed by atoms with van der Waals surface area (Å²) in [6.45, 7) is 8.28. The number of rotatable bonds is 4. The molecule has 1 heterocycles. The first-order valence-electron chi connectivity index (χ1n) is 10.2. The first kappa shape index (κ1) is 20.4. The van der Waals surface area contributed by atoms with Crippen LogP contribution in [0.15, 0.2) is 24.3 Å². The quantitative estimate of drug-likeness (QED) is 0.774. The van der Waals surface area contributed by atoms with E-state index in [9.17, 15) is 14.4 Å². The van der Waals surface area contributed by atoms with Crippen molar-refractivity contribution in [3.63, 3.8) is 0 Å². The van der Waals surface area contributed by atoms with Gasteiger partial charge in [0.1, 0.15) is 12.1 Å². The molecule has 28 heavy (non-hydrogen) atoms. The number of nitrogens with zero attached hydrogens (tertiary/aromatic N) is 1. The molecule has 4 amide bonds. The summed E-state index contributed by atoms with van der Waals surface area (Å²) in [5, 5.41) is 5.65. The van der Waals surface area contributed by atoms with Gasteiger partial charge in [-0.1, -0.05) is 46.2 Å². The summed E-state index contributed by atoms with van der Waals surface area (Å²) in [7, 11) is 0. The maximum atomic E-state index is 12.9. The Balaban J connectivity index is 1.61. The van der Waals surface area contributed by atoms with Crippen molar-refractivity contribution in [2.75, 3.05) is 11.9 Å². The topological polar surface area (TPSA) is 78.5 Å². The smallest absolute Gasteiger partial charge is 0.325 e. The van der Waals surface area contributed by atoms with Crippen LogP contribution in [0.5, 0.6) is 0 Å². The van der Waals surface area contributed by atoms with Gasteiger partial charge < -0.3 is 10.6 Å². The van der Waals surface area contributed by atoms with E-state index in [-0.39, 0.29) is 23.8 Å². The van der Waals surface area contributed by atoms with Crippen molar-refractivity contribution >= 4 is 23.5 Å². The standard InChI is InChI=1S/C22H31N3O3/c1-5-15-10-12-22(13-11-15)19(27)25(20(28)24-22)14-18(26)23-17-8-6-16(7-9-17)21(2,3)4/h6-9,15H,5,10-14H2,1-4H3,(H,23,26)(H,24,28). The minimum Gasteiger partial charge on any atom is -0.325 e. The minimum absolute atomic E-state index is 0.0354. The van der Waals surface area contributed by atoms with Gasteiger partial charge in [0.25, 0.3) is 5.91 Å². The lowest BCUT2D eigenvalue weighted by Crippen LogP contribution is -2.49. The molecule has 1 aliphatic carbocycles. The zero-order valence-corrected chi connectivity index (χ0v) is 17.3. The van der Waals surface area contributed by atoms with Gasteiger partial charge in [0, 0.05) is 5.69 Å². The van der Waals surface area contributed by atoms with Crippen molar-refractivity contribution in [2.24, 2.45) is 5.92 Å². The maximum Gasteiger partial charge on any atom is 0.325 e. The van der Waals surface area contributed by atoms with E-state index < -0.39 is 11.6 Å². The average molecular weight is 386 g/mol. The Morgan fingerprint density at radius 1 is 1.18 bits per heavy atom. The lowest BCUT2D eigenvalue weighted by molar-refractivity contribution is -0.135. The molecule has 6 nitrogen and oxygen atoms in total. The monoisotopic (exact) mass is 385 g/mol. The fourth-order valence-electron chi connectivity index (χ4n) is 4.13. The molecule has 0 aromatic heterocycles. The highest BCUT2D eigenvalue weighted by molar-refractivity contribution is 6.10. The van der Waals surface area contributed by atoms with Crippen molar-refractivity contribution in [3.05, 3.63) is 29.8 Å². The van der Waals surface area contributed by atoms with Crippen LogP contribution in [0.3, 0.4) is 0 Å². The molecule has 1 aliphatic heterocycles. The van der Waals surface area contributed by atoms with Crippen LogP contribution in [0.2, 0.25) is 0 Å². The largest absolute Gasteiger partial charge is 0.325 e. The first-order valence-corrected chi connectivity index (χ1v) is 10.2. The van der Waals surface area contributed by atoms with Crippen LogP contribution >= 0.6 is 0 Å². The van der Waals surface area contributed by atoms with E-state index in [1.165, 1.54) is 5.56 Å². The zero-order chi connectivity index (χ0) is 20.5. The van der Waals surface area contributed by atoms with Crippen LogP contribution < -0.4 is 10.6 Å². The van der Waals surface area contributed by atoms with E-state index in [1.807, 2.05) is 24.3 Å². The Labute approximate surface area is 167 Å². The molecular formula is C22H31N3O3. The van der Waals surface area contributed by atoms with Crippen LogP contribution in [0.25, 0.3) is 0 Å². The number of nitrogens with one attached hydrogen (secondary N) is 2. The first-order chi connectivity index (χ1) is 13.1. The SMILES string of the molecule is CCC1CCC2(CC1)NC(=O)N(CC(=O)Nc1ccc(C(C)(C)C)cc1)C2=O. The van der Waals surface area contributed by atoms with Crippen molar-refractivity contribution in [1.82, 2.24) is 10.2 Å². The second kappa shape index (κ2) is 7.57. The van der Waals surface area contributed by atoms with Crippen molar-refractivity contribution in [1.29, 1.82) is 0 Å². The van der Waals surface area contributed by atoms with Crippen LogP contribution in [-0.4, -0.2) is 34.8 Å². The fraction of sp³-hybridized carbons (Fsp3) is 0.591. The lowest BCUT2D eigenvalue weighted by atomic mass is 9.75. The number of benzene rings is 1. The summed E-state index contributed by atoms with van der Waals surface area (Å²) >= 11 is 0. The van der Waals surface area contributed by atoms with Gasteiger partial charge in [-0.15, -0.1) is 0 Å². The van der Waals surface area contributed by atoms with Crippen molar-refractivity contribution in [2.45, 2.75) is 70.8 Å². The van der Waals surface area contributed by atoms with Gasteiger partial charge >= 0.3 is 6.03 Å². The molecule has 1 aromatic carbocycles. The Hall–Kier alpha value is -2.37. The highest BCUT2D eigenvalue weighted by Gasteiger charge is 2.52. The summed E-state index contributed by atoms with van der Waals surface area (Å²) in [5.41, 5.74) is 1.05. The van der Waals surface area contributed by atoms with E-state index in [0.29, 0.717) is 24.4 Å². The number of imide groups is 1. The van der Waals surface area contributed by atoms with E-state index in [2.05, 4.69) is 38.3 Å². The summed E-state index contributed by atoms with van der Waals surface area (Å²) in [6.07, 6.45) is 4.27. The second-order valence-electron chi connectivity index (χ2n) is 9.13. The Morgan fingerprint density at radius 3 is 2.32 bits per heavy atom. The third kappa shape index (κ3) is 4.05. The van der Waals surface area contributed by atoms with E-state index in [1.54, 1.807) is 0 Å². The number of hydrogen-bond donors (Lipinski definition) is 2. The molecule has 3 rings (SSSR count). The van der Waals surface area contributed by atoms with Gasteiger partial charge in [0.05, 0.1) is 0 Å². The minimum atomic E-state index is -0.808. The van der Waals surface area contributed by atoms with E-state index >= 15 is 0 Å². The molecule has 0 atom stereocenters. The Bertz CT molecular complexity index is 756. The van der Waals surface area contributed by atoms with Gasteiger partial charge in [-0.2, -0.15) is 0 Å². The Kier molecular flexibility index (Phi) is 5.50. The highest BCUT2D eigenvalue weighted by Crippen LogP contribution is 2.37. The predicted molar refractivity (Wildman–Crippen MR) is 109 cm³/mol. The number of amides is 4. The average Bonchev–Trinajstić information content (AvgIpc) is 2.86. The Morgan fingerprint density at radius 2 is 1.79 bits per heavy atom. The molecule has 2 fully saturated rings. The van der Waals surface area contributed by atoms with E-state index in [4.69, 9.17) is 0 Å². The summed E-state index contributed by atoms with van der Waals surface area (Å²) in [5.74, 6) is -0.0136. The number of carbonyl (C=O) groups excluding carboxylic acids is 3. The van der Waals surface area contributed by atoms with Crippen LogP contribution in [0.4, 0.5) is 10.5 Å². The fourth-order valence-corrected chi connectivity index (χ4v) is 4.13. The molecule has 1 saturated carbocycles. The highest BCUT2D eigenvalue weighted by atomic mass is 16.2. The molecule has 6 heteroatoms. The van der Waals surface area contributed by atoms with Crippen molar-refractivity contribution < 1.29 is 14.4 Å². The molecule has 0 bridgehead atoms. The van der Waals surface area contributed by atoms with Crippen molar-refractivity contribution in [3.8, 4) is 0 Å². The van der Waals surface area contributed by atoms with Gasteiger partial charge in [-0.3, -0.25) is 14.5 Å². The number of carbonyl (C=O) groups is 3. The van der Waals surface area contributed by atoms with Gasteiger partial charge in [0.15, 0.2) is 0 Å². The lowest BCUT2D eigenvalue weighted by Gasteiger charge is -2.34. The summed E-state index contributed by atoms with van der Waals surface area (Å²) in [6, 6.07) is 7.18. The third-order valence-corrected chi connectivity index (χ3v) is 6.12. The normalized spacial score (nSPS) is 25.1. The van der Waals surface area contributed by atoms with Crippen LogP contribution in [0.1, 0.15) is 65.4 Å². The van der Waals surface area contributed by atoms with Gasteiger partial charge in [-0.25, -0.2) is 4.79 Å². The second-order valence-corrected chi connectivity index (χ2v) is 9.13. The number of anilines is 1. The van der Waals surface area contributed by atoms with Crippen LogP contribution in [-0.2, 0) is 15.0 Å². The molecule has 1 saturated heterocycles. The molecule has 2 N–H and O–H groups in total. The molecule has 2 aliphatic rings.